The van der Waals surface area contributed by atoms with E-state index in [0.717, 1.165) is 5.56 Å². The van der Waals surface area contributed by atoms with Gasteiger partial charge in [0.15, 0.2) is 0 Å². The average Bonchev–Trinajstić information content (AvgIpc) is 2.25. The highest BCUT2D eigenvalue weighted by atomic mass is 16.2. The Morgan fingerprint density at radius 1 is 1.06 bits per heavy atom. The lowest BCUT2D eigenvalue weighted by Crippen LogP contribution is -2.42. The number of rotatable bonds is 4. The molecule has 1 rings (SSSR count). The quantitative estimate of drug-likeness (QED) is 0.827. The predicted molar refractivity (Wildman–Crippen MR) is 66.3 cm³/mol. The zero-order chi connectivity index (χ0) is 12.8. The van der Waals surface area contributed by atoms with E-state index in [1.165, 1.54) is 6.92 Å². The highest BCUT2D eigenvalue weighted by Crippen LogP contribution is 2.12. The fourth-order valence-electron chi connectivity index (χ4n) is 1.52. The van der Waals surface area contributed by atoms with E-state index in [9.17, 15) is 9.59 Å². The molecule has 0 bridgehead atoms. The summed E-state index contributed by atoms with van der Waals surface area (Å²) in [6, 6.07) is 8.61. The topological polar surface area (TPSA) is 58.2 Å². The number of benzene rings is 1. The molecule has 0 saturated carbocycles. The van der Waals surface area contributed by atoms with Gasteiger partial charge >= 0.3 is 0 Å². The van der Waals surface area contributed by atoms with E-state index >= 15 is 0 Å². The van der Waals surface area contributed by atoms with Crippen molar-refractivity contribution in [1.82, 2.24) is 10.6 Å². The van der Waals surface area contributed by atoms with Crippen molar-refractivity contribution in [2.45, 2.75) is 32.9 Å². The summed E-state index contributed by atoms with van der Waals surface area (Å²) in [5.41, 5.74) is 0.779. The van der Waals surface area contributed by atoms with Crippen LogP contribution in [-0.2, 0) is 9.59 Å². The number of amides is 2. The van der Waals surface area contributed by atoms with E-state index in [-0.39, 0.29) is 17.9 Å². The van der Waals surface area contributed by atoms with Crippen LogP contribution >= 0.6 is 0 Å². The summed E-state index contributed by atoms with van der Waals surface area (Å²) in [4.78, 5) is 23.1. The lowest BCUT2D eigenvalue weighted by Gasteiger charge is -2.19. The summed E-state index contributed by atoms with van der Waals surface area (Å²) in [5.74, 6) is -0.417. The Bertz CT molecular complexity index is 388. The number of hydrogen-bond donors (Lipinski definition) is 2. The number of hydrogen-bond acceptors (Lipinski definition) is 2. The van der Waals surface area contributed by atoms with Crippen LogP contribution in [0, 0.1) is 0 Å². The molecule has 4 heteroatoms. The van der Waals surface area contributed by atoms with Crippen LogP contribution < -0.4 is 10.6 Å². The second kappa shape index (κ2) is 6.03. The van der Waals surface area contributed by atoms with E-state index < -0.39 is 6.04 Å². The third kappa shape index (κ3) is 4.26. The lowest BCUT2D eigenvalue weighted by atomic mass is 10.1. The Kier molecular flexibility index (Phi) is 4.69. The third-order valence-corrected chi connectivity index (χ3v) is 2.17. The van der Waals surface area contributed by atoms with Crippen molar-refractivity contribution >= 4 is 11.8 Å². The summed E-state index contributed by atoms with van der Waals surface area (Å²) >= 11 is 0. The van der Waals surface area contributed by atoms with Gasteiger partial charge in [0.2, 0.25) is 11.8 Å². The maximum atomic E-state index is 12.0. The maximum Gasteiger partial charge on any atom is 0.247 e. The normalized spacial score (nSPS) is 12.0. The van der Waals surface area contributed by atoms with Crippen LogP contribution in [0.15, 0.2) is 30.3 Å². The van der Waals surface area contributed by atoms with Crippen LogP contribution in [0.25, 0.3) is 0 Å². The molecule has 1 aromatic rings. The fourth-order valence-corrected chi connectivity index (χ4v) is 1.52. The molecule has 0 unspecified atom stereocenters. The van der Waals surface area contributed by atoms with Crippen LogP contribution in [-0.4, -0.2) is 17.9 Å². The molecule has 0 heterocycles. The predicted octanol–water partition coefficient (Wildman–Crippen LogP) is 1.39. The molecule has 4 nitrogen and oxygen atoms in total. The van der Waals surface area contributed by atoms with Gasteiger partial charge in [0.1, 0.15) is 6.04 Å². The summed E-state index contributed by atoms with van der Waals surface area (Å²) in [5, 5.41) is 5.44. The maximum absolute atomic E-state index is 12.0. The van der Waals surface area contributed by atoms with Gasteiger partial charge in [0.05, 0.1) is 0 Å². The van der Waals surface area contributed by atoms with E-state index in [2.05, 4.69) is 10.6 Å². The Labute approximate surface area is 101 Å². The molecule has 0 aliphatic rings. The van der Waals surface area contributed by atoms with Gasteiger partial charge in [-0.1, -0.05) is 30.3 Å². The minimum atomic E-state index is -0.629. The van der Waals surface area contributed by atoms with Crippen molar-refractivity contribution in [1.29, 1.82) is 0 Å². The highest BCUT2D eigenvalue weighted by Gasteiger charge is 2.21. The summed E-state index contributed by atoms with van der Waals surface area (Å²) < 4.78 is 0. The lowest BCUT2D eigenvalue weighted by molar-refractivity contribution is -0.128. The Morgan fingerprint density at radius 2 is 1.65 bits per heavy atom. The van der Waals surface area contributed by atoms with Crippen molar-refractivity contribution in [3.05, 3.63) is 35.9 Å². The van der Waals surface area contributed by atoms with Crippen LogP contribution in [0.3, 0.4) is 0 Å². The van der Waals surface area contributed by atoms with Crippen LogP contribution in [0.5, 0.6) is 0 Å². The van der Waals surface area contributed by atoms with E-state index in [4.69, 9.17) is 0 Å². The first kappa shape index (κ1) is 13.2. The SMILES string of the molecule is CC(=O)N[C@@H](C(=O)NC(C)C)c1ccccc1. The van der Waals surface area contributed by atoms with Crippen LogP contribution in [0.4, 0.5) is 0 Å². The number of carbonyl (C=O) groups is 2. The monoisotopic (exact) mass is 234 g/mol. The molecule has 0 aliphatic heterocycles. The Balaban J connectivity index is 2.88. The average molecular weight is 234 g/mol. The Hall–Kier alpha value is -1.84. The summed E-state index contributed by atoms with van der Waals surface area (Å²) in [6.07, 6.45) is 0. The van der Waals surface area contributed by atoms with Gasteiger partial charge in [-0.3, -0.25) is 9.59 Å². The molecule has 0 fully saturated rings. The molecule has 0 radical (unpaired) electrons. The standard InChI is InChI=1S/C13H18N2O2/c1-9(2)14-13(17)12(15-10(3)16)11-7-5-4-6-8-11/h4-9,12H,1-3H3,(H,14,17)(H,15,16)/t12-/m1/s1. The first-order chi connectivity index (χ1) is 8.00. The zero-order valence-corrected chi connectivity index (χ0v) is 10.4. The van der Waals surface area contributed by atoms with Crippen molar-refractivity contribution < 1.29 is 9.59 Å². The van der Waals surface area contributed by atoms with Gasteiger partial charge in [-0.25, -0.2) is 0 Å². The van der Waals surface area contributed by atoms with Crippen molar-refractivity contribution in [3.8, 4) is 0 Å². The van der Waals surface area contributed by atoms with Crippen LogP contribution in [0.1, 0.15) is 32.4 Å². The van der Waals surface area contributed by atoms with Crippen molar-refractivity contribution in [2.75, 3.05) is 0 Å². The molecule has 2 N–H and O–H groups in total. The molecule has 2 amide bonds. The Morgan fingerprint density at radius 3 is 2.12 bits per heavy atom. The molecule has 17 heavy (non-hydrogen) atoms. The smallest absolute Gasteiger partial charge is 0.247 e. The van der Waals surface area contributed by atoms with E-state index in [0.29, 0.717) is 0 Å². The number of carbonyl (C=O) groups excluding carboxylic acids is 2. The molecular formula is C13H18N2O2. The second-order valence-electron chi connectivity index (χ2n) is 4.21. The minimum Gasteiger partial charge on any atom is -0.352 e. The minimum absolute atomic E-state index is 0.0440. The fraction of sp³-hybridized carbons (Fsp3) is 0.385. The van der Waals surface area contributed by atoms with Gasteiger partial charge < -0.3 is 10.6 Å². The second-order valence-corrected chi connectivity index (χ2v) is 4.21. The van der Waals surface area contributed by atoms with Gasteiger partial charge in [0.25, 0.3) is 0 Å². The van der Waals surface area contributed by atoms with Gasteiger partial charge in [-0.15, -0.1) is 0 Å². The molecule has 0 aliphatic carbocycles. The molecular weight excluding hydrogens is 216 g/mol. The van der Waals surface area contributed by atoms with Gasteiger partial charge in [-0.05, 0) is 19.4 Å². The third-order valence-electron chi connectivity index (χ3n) is 2.17. The van der Waals surface area contributed by atoms with Crippen molar-refractivity contribution in [3.63, 3.8) is 0 Å². The molecule has 1 aromatic carbocycles. The molecule has 0 aromatic heterocycles. The summed E-state index contributed by atoms with van der Waals surface area (Å²) in [7, 11) is 0. The molecule has 1 atom stereocenters. The number of nitrogens with one attached hydrogen (secondary N) is 2. The molecule has 0 spiro atoms. The highest BCUT2D eigenvalue weighted by molar-refractivity contribution is 5.88. The first-order valence-electron chi connectivity index (χ1n) is 5.63. The van der Waals surface area contributed by atoms with E-state index in [1.54, 1.807) is 0 Å². The molecule has 0 saturated heterocycles. The van der Waals surface area contributed by atoms with Crippen LogP contribution in [0.2, 0.25) is 0 Å². The zero-order valence-electron chi connectivity index (χ0n) is 10.4. The molecule has 92 valence electrons. The summed E-state index contributed by atoms with van der Waals surface area (Å²) in [6.45, 7) is 5.17. The van der Waals surface area contributed by atoms with E-state index in [1.807, 2.05) is 44.2 Å². The van der Waals surface area contributed by atoms with Gasteiger partial charge in [-0.2, -0.15) is 0 Å². The van der Waals surface area contributed by atoms with Crippen molar-refractivity contribution in [2.24, 2.45) is 0 Å². The largest absolute Gasteiger partial charge is 0.352 e. The first-order valence-corrected chi connectivity index (χ1v) is 5.63. The van der Waals surface area contributed by atoms with Gasteiger partial charge in [0, 0.05) is 13.0 Å².